The number of ether oxygens (including phenoxy) is 1. The molecule has 0 saturated carbocycles. The minimum atomic E-state index is 0.0359. The number of rotatable bonds is 6. The van der Waals surface area contributed by atoms with Gasteiger partial charge < -0.3 is 9.64 Å². The molecule has 3 aromatic carbocycles. The van der Waals surface area contributed by atoms with Crippen molar-refractivity contribution in [3.8, 4) is 5.75 Å². The zero-order valence-corrected chi connectivity index (χ0v) is 19.7. The predicted octanol–water partition coefficient (Wildman–Crippen LogP) is 6.18. The third-order valence-corrected chi connectivity index (χ3v) is 6.21. The molecule has 1 amide bonds. The molecule has 3 aromatic rings. The van der Waals surface area contributed by atoms with Crippen molar-refractivity contribution in [1.82, 2.24) is 9.80 Å². The second-order valence-electron chi connectivity index (χ2n) is 7.74. The first-order valence-corrected chi connectivity index (χ1v) is 11.5. The molecule has 1 fully saturated rings. The van der Waals surface area contributed by atoms with Crippen LogP contribution in [0.4, 0.5) is 0 Å². The fraction of sp³-hybridized carbons (Fsp3) is 0.240. The van der Waals surface area contributed by atoms with E-state index in [0.29, 0.717) is 39.5 Å². The Morgan fingerprint density at radius 2 is 1.47 bits per heavy atom. The molecule has 1 aliphatic heterocycles. The Bertz CT molecular complexity index is 1060. The number of nitrogens with zero attached hydrogens (tertiary/aromatic N) is 2. The van der Waals surface area contributed by atoms with Crippen LogP contribution >= 0.6 is 34.8 Å². The lowest BCUT2D eigenvalue weighted by atomic mass is 10.1. The van der Waals surface area contributed by atoms with E-state index in [0.717, 1.165) is 25.2 Å². The Hall–Kier alpha value is -2.24. The lowest BCUT2D eigenvalue weighted by Gasteiger charge is -2.34. The van der Waals surface area contributed by atoms with Crippen LogP contribution in [0.2, 0.25) is 15.1 Å². The third kappa shape index (κ3) is 5.76. The molecule has 0 atom stereocenters. The van der Waals surface area contributed by atoms with E-state index < -0.39 is 0 Å². The fourth-order valence-corrected chi connectivity index (χ4v) is 4.68. The quantitative estimate of drug-likeness (QED) is 0.414. The zero-order valence-electron chi connectivity index (χ0n) is 17.4. The minimum Gasteiger partial charge on any atom is -0.486 e. The molecule has 32 heavy (non-hydrogen) atoms. The van der Waals surface area contributed by atoms with Crippen LogP contribution in [0, 0.1) is 0 Å². The standard InChI is InChI=1S/C25H23Cl3N2O2/c26-21-14-22(27)24(23(28)15-21)32-17-19-7-4-8-20(13-19)25(31)30-11-9-29(10-12-30)16-18-5-2-1-3-6-18/h1-8,13-15H,9-12,16-17H2. The van der Waals surface area contributed by atoms with Gasteiger partial charge in [0, 0.05) is 43.3 Å². The van der Waals surface area contributed by atoms with Gasteiger partial charge >= 0.3 is 0 Å². The number of halogens is 3. The van der Waals surface area contributed by atoms with Crippen LogP contribution in [0.1, 0.15) is 21.5 Å². The van der Waals surface area contributed by atoms with Gasteiger partial charge in [0.25, 0.3) is 5.91 Å². The van der Waals surface area contributed by atoms with Crippen molar-refractivity contribution in [3.05, 3.63) is 98.5 Å². The smallest absolute Gasteiger partial charge is 0.253 e. The lowest BCUT2D eigenvalue weighted by Crippen LogP contribution is -2.48. The summed E-state index contributed by atoms with van der Waals surface area (Å²) in [6.45, 7) is 4.29. The summed E-state index contributed by atoms with van der Waals surface area (Å²) in [4.78, 5) is 17.3. The van der Waals surface area contributed by atoms with Crippen LogP contribution in [0.3, 0.4) is 0 Å². The van der Waals surface area contributed by atoms with Gasteiger partial charge in [-0.3, -0.25) is 9.69 Å². The highest BCUT2D eigenvalue weighted by atomic mass is 35.5. The average Bonchev–Trinajstić information content (AvgIpc) is 2.79. The van der Waals surface area contributed by atoms with Gasteiger partial charge in [0.15, 0.2) is 5.75 Å². The van der Waals surface area contributed by atoms with Crippen LogP contribution in [-0.2, 0) is 13.2 Å². The summed E-state index contributed by atoms with van der Waals surface area (Å²) in [6.07, 6.45) is 0. The number of carbonyl (C=O) groups is 1. The van der Waals surface area contributed by atoms with Crippen molar-refractivity contribution >= 4 is 40.7 Å². The molecule has 0 aliphatic carbocycles. The van der Waals surface area contributed by atoms with Gasteiger partial charge in [-0.15, -0.1) is 0 Å². The number of benzene rings is 3. The summed E-state index contributed by atoms with van der Waals surface area (Å²) in [5, 5.41) is 1.15. The van der Waals surface area contributed by atoms with Gasteiger partial charge in [-0.1, -0.05) is 77.3 Å². The van der Waals surface area contributed by atoms with Crippen LogP contribution < -0.4 is 4.74 Å². The first-order chi connectivity index (χ1) is 15.5. The van der Waals surface area contributed by atoms with Gasteiger partial charge in [-0.05, 0) is 35.4 Å². The Morgan fingerprint density at radius 1 is 0.812 bits per heavy atom. The number of hydrogen-bond acceptors (Lipinski definition) is 3. The maximum Gasteiger partial charge on any atom is 0.253 e. The van der Waals surface area contributed by atoms with E-state index in [-0.39, 0.29) is 12.5 Å². The molecule has 4 nitrogen and oxygen atoms in total. The van der Waals surface area contributed by atoms with Crippen LogP contribution in [0.25, 0.3) is 0 Å². The molecule has 1 heterocycles. The SMILES string of the molecule is O=C(c1cccc(COc2c(Cl)cc(Cl)cc2Cl)c1)N1CCN(Cc2ccccc2)CC1. The van der Waals surface area contributed by atoms with E-state index in [9.17, 15) is 4.79 Å². The van der Waals surface area contributed by atoms with E-state index in [2.05, 4.69) is 29.2 Å². The maximum atomic E-state index is 13.0. The van der Waals surface area contributed by atoms with Gasteiger partial charge in [-0.2, -0.15) is 0 Å². The van der Waals surface area contributed by atoms with Gasteiger partial charge in [0.2, 0.25) is 0 Å². The van der Waals surface area contributed by atoms with E-state index in [1.165, 1.54) is 5.56 Å². The highest BCUT2D eigenvalue weighted by Crippen LogP contribution is 2.36. The third-order valence-electron chi connectivity index (χ3n) is 5.43. The van der Waals surface area contributed by atoms with E-state index >= 15 is 0 Å². The van der Waals surface area contributed by atoms with Crippen LogP contribution in [-0.4, -0.2) is 41.9 Å². The Morgan fingerprint density at radius 3 is 2.16 bits per heavy atom. The molecule has 0 N–H and O–H groups in total. The molecular weight excluding hydrogens is 467 g/mol. The molecule has 7 heteroatoms. The molecule has 4 rings (SSSR count). The number of hydrogen-bond donors (Lipinski definition) is 0. The molecule has 166 valence electrons. The normalized spacial score (nSPS) is 14.4. The largest absolute Gasteiger partial charge is 0.486 e. The molecule has 0 bridgehead atoms. The first kappa shape index (κ1) is 22.9. The van der Waals surface area contributed by atoms with Crippen LogP contribution in [0.15, 0.2) is 66.7 Å². The molecule has 1 aliphatic rings. The van der Waals surface area contributed by atoms with Gasteiger partial charge in [0.05, 0.1) is 10.0 Å². The number of amides is 1. The molecule has 0 unspecified atom stereocenters. The van der Waals surface area contributed by atoms with Crippen molar-refractivity contribution in [3.63, 3.8) is 0 Å². The summed E-state index contributed by atoms with van der Waals surface area (Å²) in [6, 6.07) is 21.0. The summed E-state index contributed by atoms with van der Waals surface area (Å²) in [7, 11) is 0. The highest BCUT2D eigenvalue weighted by Gasteiger charge is 2.22. The summed E-state index contributed by atoms with van der Waals surface area (Å²) >= 11 is 18.3. The van der Waals surface area contributed by atoms with Crippen molar-refractivity contribution in [1.29, 1.82) is 0 Å². The van der Waals surface area contributed by atoms with E-state index in [4.69, 9.17) is 39.5 Å². The van der Waals surface area contributed by atoms with Crippen LogP contribution in [0.5, 0.6) is 5.75 Å². The second kappa shape index (κ2) is 10.6. The number of piperazine rings is 1. The second-order valence-corrected chi connectivity index (χ2v) is 8.99. The van der Waals surface area contributed by atoms with Gasteiger partial charge in [-0.25, -0.2) is 0 Å². The van der Waals surface area contributed by atoms with Crippen molar-refractivity contribution < 1.29 is 9.53 Å². The molecule has 0 spiro atoms. The first-order valence-electron chi connectivity index (χ1n) is 10.4. The summed E-state index contributed by atoms with van der Waals surface area (Å²) in [5.74, 6) is 0.415. The summed E-state index contributed by atoms with van der Waals surface area (Å²) in [5.41, 5.74) is 2.80. The number of carbonyl (C=O) groups excluding carboxylic acids is 1. The Labute approximate surface area is 203 Å². The minimum absolute atomic E-state index is 0.0359. The zero-order chi connectivity index (χ0) is 22.5. The molecule has 0 radical (unpaired) electrons. The molecular formula is C25H23Cl3N2O2. The molecule has 0 aromatic heterocycles. The maximum absolute atomic E-state index is 13.0. The topological polar surface area (TPSA) is 32.8 Å². The highest BCUT2D eigenvalue weighted by molar-refractivity contribution is 6.40. The Kier molecular flexibility index (Phi) is 7.59. The van der Waals surface area contributed by atoms with E-state index in [1.54, 1.807) is 12.1 Å². The Balaban J connectivity index is 1.35. The van der Waals surface area contributed by atoms with Crippen molar-refractivity contribution in [2.24, 2.45) is 0 Å². The molecule has 1 saturated heterocycles. The average molecular weight is 490 g/mol. The fourth-order valence-electron chi connectivity index (χ4n) is 3.75. The van der Waals surface area contributed by atoms with Crippen molar-refractivity contribution in [2.75, 3.05) is 26.2 Å². The summed E-state index contributed by atoms with van der Waals surface area (Å²) < 4.78 is 5.81. The monoisotopic (exact) mass is 488 g/mol. The predicted molar refractivity (Wildman–Crippen MR) is 130 cm³/mol. The van der Waals surface area contributed by atoms with E-state index in [1.807, 2.05) is 35.2 Å². The lowest BCUT2D eigenvalue weighted by molar-refractivity contribution is 0.0628. The van der Waals surface area contributed by atoms with Crippen molar-refractivity contribution in [2.45, 2.75) is 13.2 Å². The van der Waals surface area contributed by atoms with Gasteiger partial charge in [0.1, 0.15) is 6.61 Å².